The van der Waals surface area contributed by atoms with E-state index in [2.05, 4.69) is 5.32 Å². The molecule has 0 aromatic carbocycles. The van der Waals surface area contributed by atoms with E-state index in [4.69, 9.17) is 10.2 Å². The number of carboxylic acid groups (broad SMARTS) is 2. The monoisotopic (exact) mass is 288 g/mol. The highest BCUT2D eigenvalue weighted by Gasteiger charge is 2.26. The Morgan fingerprint density at radius 1 is 1.15 bits per heavy atom. The van der Waals surface area contributed by atoms with E-state index in [1.54, 1.807) is 0 Å². The summed E-state index contributed by atoms with van der Waals surface area (Å²) in [5.74, 6) is -2.61. The zero-order chi connectivity index (χ0) is 15.7. The van der Waals surface area contributed by atoms with Gasteiger partial charge in [-0.15, -0.1) is 0 Å². The minimum atomic E-state index is -1.41. The van der Waals surface area contributed by atoms with Gasteiger partial charge in [0, 0.05) is 12.6 Å². The standard InChI is InChI=1S/C13H24N2O5/c1-4-5-6-7-15(9(2)3)13(20)14-10(12(18)19)8-11(16)17/h9-10H,4-8H2,1-3H3,(H,14,20)(H,16,17)(H,18,19). The third-order valence-corrected chi connectivity index (χ3v) is 2.86. The lowest BCUT2D eigenvalue weighted by atomic mass is 10.2. The fourth-order valence-corrected chi connectivity index (χ4v) is 1.73. The Bertz CT molecular complexity index is 344. The van der Waals surface area contributed by atoms with Crippen molar-refractivity contribution >= 4 is 18.0 Å². The molecule has 0 fully saturated rings. The fourth-order valence-electron chi connectivity index (χ4n) is 1.73. The Morgan fingerprint density at radius 3 is 2.15 bits per heavy atom. The number of amides is 2. The summed E-state index contributed by atoms with van der Waals surface area (Å²) < 4.78 is 0. The molecule has 7 nitrogen and oxygen atoms in total. The van der Waals surface area contributed by atoms with Crippen molar-refractivity contribution in [3.8, 4) is 0 Å². The zero-order valence-electron chi connectivity index (χ0n) is 12.3. The van der Waals surface area contributed by atoms with Gasteiger partial charge >= 0.3 is 18.0 Å². The number of urea groups is 1. The molecule has 7 heteroatoms. The first-order valence-electron chi connectivity index (χ1n) is 6.81. The minimum absolute atomic E-state index is 0.0777. The van der Waals surface area contributed by atoms with Crippen molar-refractivity contribution in [2.75, 3.05) is 6.54 Å². The number of carboxylic acids is 2. The molecule has 0 rings (SSSR count). The van der Waals surface area contributed by atoms with Crippen molar-refractivity contribution in [3.05, 3.63) is 0 Å². The van der Waals surface area contributed by atoms with E-state index in [1.165, 1.54) is 4.90 Å². The summed E-state index contributed by atoms with van der Waals surface area (Å²) in [6.45, 7) is 6.24. The smallest absolute Gasteiger partial charge is 0.326 e. The van der Waals surface area contributed by atoms with Crippen LogP contribution in [0.1, 0.15) is 46.5 Å². The van der Waals surface area contributed by atoms with Gasteiger partial charge in [-0.05, 0) is 20.3 Å². The average molecular weight is 288 g/mol. The SMILES string of the molecule is CCCCCN(C(=O)NC(CC(=O)O)C(=O)O)C(C)C. The van der Waals surface area contributed by atoms with Crippen LogP contribution in [0.15, 0.2) is 0 Å². The van der Waals surface area contributed by atoms with Crippen LogP contribution in [-0.2, 0) is 9.59 Å². The van der Waals surface area contributed by atoms with Crippen LogP contribution >= 0.6 is 0 Å². The lowest BCUT2D eigenvalue weighted by Gasteiger charge is -2.28. The van der Waals surface area contributed by atoms with Crippen molar-refractivity contribution in [1.82, 2.24) is 10.2 Å². The van der Waals surface area contributed by atoms with Gasteiger partial charge < -0.3 is 20.4 Å². The summed E-state index contributed by atoms with van der Waals surface area (Å²) in [7, 11) is 0. The molecule has 0 heterocycles. The lowest BCUT2D eigenvalue weighted by molar-refractivity contribution is -0.145. The van der Waals surface area contributed by atoms with Crippen LogP contribution in [0.3, 0.4) is 0 Å². The highest BCUT2D eigenvalue weighted by molar-refractivity contribution is 5.86. The minimum Gasteiger partial charge on any atom is -0.481 e. The number of unbranched alkanes of at least 4 members (excludes halogenated alkanes) is 2. The number of hydrogen-bond donors (Lipinski definition) is 3. The second-order valence-electron chi connectivity index (χ2n) is 4.93. The van der Waals surface area contributed by atoms with Crippen LogP contribution in [0.4, 0.5) is 4.79 Å². The number of carbonyl (C=O) groups is 3. The van der Waals surface area contributed by atoms with Crippen molar-refractivity contribution in [2.45, 2.75) is 58.5 Å². The first-order chi connectivity index (χ1) is 9.29. The topological polar surface area (TPSA) is 107 Å². The molecular weight excluding hydrogens is 264 g/mol. The van der Waals surface area contributed by atoms with Gasteiger partial charge in [0.25, 0.3) is 0 Å². The molecule has 3 N–H and O–H groups in total. The van der Waals surface area contributed by atoms with E-state index >= 15 is 0 Å². The highest BCUT2D eigenvalue weighted by Crippen LogP contribution is 2.05. The number of carbonyl (C=O) groups excluding carboxylic acids is 1. The molecule has 1 atom stereocenters. The van der Waals surface area contributed by atoms with Crippen molar-refractivity contribution in [3.63, 3.8) is 0 Å². The molecule has 0 saturated carbocycles. The third kappa shape index (κ3) is 6.96. The van der Waals surface area contributed by atoms with E-state index in [0.29, 0.717) is 6.54 Å². The first kappa shape index (κ1) is 18.2. The first-order valence-corrected chi connectivity index (χ1v) is 6.81. The van der Waals surface area contributed by atoms with E-state index < -0.39 is 30.4 Å². The van der Waals surface area contributed by atoms with E-state index in [-0.39, 0.29) is 6.04 Å². The summed E-state index contributed by atoms with van der Waals surface area (Å²) in [6, 6.07) is -2.02. The summed E-state index contributed by atoms with van der Waals surface area (Å²) in [5, 5.41) is 19.8. The average Bonchev–Trinajstić information content (AvgIpc) is 2.32. The lowest BCUT2D eigenvalue weighted by Crippen LogP contribution is -2.51. The largest absolute Gasteiger partial charge is 0.481 e. The second kappa shape index (κ2) is 9.17. The molecule has 20 heavy (non-hydrogen) atoms. The van der Waals surface area contributed by atoms with E-state index in [0.717, 1.165) is 19.3 Å². The number of aliphatic carboxylic acids is 2. The quantitative estimate of drug-likeness (QED) is 0.558. The second-order valence-corrected chi connectivity index (χ2v) is 4.93. The van der Waals surface area contributed by atoms with Gasteiger partial charge in [0.05, 0.1) is 6.42 Å². The maximum Gasteiger partial charge on any atom is 0.326 e. The molecular formula is C13H24N2O5. The third-order valence-electron chi connectivity index (χ3n) is 2.86. The normalized spacial score (nSPS) is 12.0. The van der Waals surface area contributed by atoms with Gasteiger partial charge in [0.15, 0.2) is 0 Å². The highest BCUT2D eigenvalue weighted by atomic mass is 16.4. The summed E-state index contributed by atoms with van der Waals surface area (Å²) in [5.41, 5.74) is 0. The van der Waals surface area contributed by atoms with Gasteiger partial charge in [-0.3, -0.25) is 4.79 Å². The fraction of sp³-hybridized carbons (Fsp3) is 0.769. The molecule has 1 unspecified atom stereocenters. The molecule has 0 spiro atoms. The summed E-state index contributed by atoms with van der Waals surface area (Å²) >= 11 is 0. The van der Waals surface area contributed by atoms with Crippen LogP contribution in [0.25, 0.3) is 0 Å². The zero-order valence-corrected chi connectivity index (χ0v) is 12.3. The molecule has 0 radical (unpaired) electrons. The summed E-state index contributed by atoms with van der Waals surface area (Å²) in [6.07, 6.45) is 2.19. The van der Waals surface area contributed by atoms with Crippen molar-refractivity contribution < 1.29 is 24.6 Å². The van der Waals surface area contributed by atoms with Crippen LogP contribution in [0.5, 0.6) is 0 Å². The molecule has 0 aliphatic carbocycles. The Kier molecular flexibility index (Phi) is 8.35. The Labute approximate surface area is 119 Å². The predicted molar refractivity (Wildman–Crippen MR) is 73.6 cm³/mol. The molecule has 0 saturated heterocycles. The number of rotatable bonds is 9. The maximum atomic E-state index is 12.0. The molecule has 0 aromatic rings. The predicted octanol–water partition coefficient (Wildman–Crippen LogP) is 1.52. The van der Waals surface area contributed by atoms with Gasteiger partial charge in [-0.2, -0.15) is 0 Å². The molecule has 0 aromatic heterocycles. The van der Waals surface area contributed by atoms with Crippen LogP contribution < -0.4 is 5.32 Å². The van der Waals surface area contributed by atoms with Crippen molar-refractivity contribution in [2.24, 2.45) is 0 Å². The number of nitrogens with zero attached hydrogens (tertiary/aromatic N) is 1. The van der Waals surface area contributed by atoms with Gasteiger partial charge in [-0.25, -0.2) is 9.59 Å². The van der Waals surface area contributed by atoms with Gasteiger partial charge in [0.2, 0.25) is 0 Å². The van der Waals surface area contributed by atoms with E-state index in [9.17, 15) is 14.4 Å². The molecule has 116 valence electrons. The van der Waals surface area contributed by atoms with Gasteiger partial charge in [0.1, 0.15) is 6.04 Å². The van der Waals surface area contributed by atoms with Crippen molar-refractivity contribution in [1.29, 1.82) is 0 Å². The molecule has 0 aliphatic rings. The number of nitrogens with one attached hydrogen (secondary N) is 1. The Balaban J connectivity index is 4.62. The van der Waals surface area contributed by atoms with Crippen LogP contribution in [-0.4, -0.2) is 51.7 Å². The maximum absolute atomic E-state index is 12.0. The molecule has 0 aliphatic heterocycles. The van der Waals surface area contributed by atoms with E-state index in [1.807, 2.05) is 20.8 Å². The summed E-state index contributed by atoms with van der Waals surface area (Å²) in [4.78, 5) is 35.1. The number of hydrogen-bond acceptors (Lipinski definition) is 3. The Hall–Kier alpha value is -1.79. The molecule has 2 amide bonds. The van der Waals surface area contributed by atoms with Crippen LogP contribution in [0.2, 0.25) is 0 Å². The molecule has 0 bridgehead atoms. The van der Waals surface area contributed by atoms with Crippen LogP contribution in [0, 0.1) is 0 Å². The van der Waals surface area contributed by atoms with Gasteiger partial charge in [-0.1, -0.05) is 19.8 Å². The Morgan fingerprint density at radius 2 is 1.75 bits per heavy atom.